The summed E-state index contributed by atoms with van der Waals surface area (Å²) in [6.07, 6.45) is -4.93. The van der Waals surface area contributed by atoms with E-state index in [1.165, 1.54) is 0 Å². The Balaban J connectivity index is 1.90. The molecule has 1 aromatic carbocycles. The molecule has 9 heteroatoms. The van der Waals surface area contributed by atoms with E-state index in [4.69, 9.17) is 0 Å². The lowest BCUT2D eigenvalue weighted by Gasteiger charge is -2.38. The van der Waals surface area contributed by atoms with E-state index in [-0.39, 0.29) is 23.1 Å². The maximum atomic E-state index is 12.8. The summed E-state index contributed by atoms with van der Waals surface area (Å²) in [5, 5.41) is 28.3. The summed E-state index contributed by atoms with van der Waals surface area (Å²) in [6.45, 7) is 6.72. The predicted octanol–water partition coefficient (Wildman–Crippen LogP) is 3.02. The van der Waals surface area contributed by atoms with Crippen LogP contribution in [0.3, 0.4) is 0 Å². The minimum absolute atomic E-state index is 0.0521. The first-order chi connectivity index (χ1) is 12.6. The SMILES string of the molecule is Cc1nc(N2C[C@@H](C)[C@H](O)[C@@H](C)C2)nnc1-c1ccc(C(F)(F)F)cc1O. The minimum Gasteiger partial charge on any atom is -0.507 e. The number of hydrogen-bond acceptors (Lipinski definition) is 6. The number of benzene rings is 1. The summed E-state index contributed by atoms with van der Waals surface area (Å²) in [5.74, 6) is -0.0269. The Kier molecular flexibility index (Phi) is 4.98. The van der Waals surface area contributed by atoms with Gasteiger partial charge in [0.1, 0.15) is 11.4 Å². The van der Waals surface area contributed by atoms with E-state index in [0.717, 1.165) is 12.1 Å². The van der Waals surface area contributed by atoms with Gasteiger partial charge in [-0.1, -0.05) is 13.8 Å². The van der Waals surface area contributed by atoms with Crippen LogP contribution in [0.4, 0.5) is 19.1 Å². The molecule has 2 N–H and O–H groups in total. The summed E-state index contributed by atoms with van der Waals surface area (Å²) >= 11 is 0. The Morgan fingerprint density at radius 3 is 2.26 bits per heavy atom. The fraction of sp³-hybridized carbons (Fsp3) is 0.500. The van der Waals surface area contributed by atoms with Gasteiger partial charge >= 0.3 is 6.18 Å². The Hall–Kier alpha value is -2.42. The van der Waals surface area contributed by atoms with Gasteiger partial charge in [-0.15, -0.1) is 10.2 Å². The Bertz CT molecular complexity index is 832. The summed E-state index contributed by atoms with van der Waals surface area (Å²) in [7, 11) is 0. The van der Waals surface area contributed by atoms with Crippen molar-refractivity contribution in [1.82, 2.24) is 15.2 Å². The number of anilines is 1. The number of aliphatic hydroxyl groups excluding tert-OH is 1. The fourth-order valence-electron chi connectivity index (χ4n) is 3.39. The van der Waals surface area contributed by atoms with Crippen molar-refractivity contribution in [2.45, 2.75) is 33.1 Å². The van der Waals surface area contributed by atoms with Crippen LogP contribution in [-0.2, 0) is 6.18 Å². The van der Waals surface area contributed by atoms with Crippen LogP contribution in [0, 0.1) is 18.8 Å². The number of phenolic OH excluding ortho intramolecular Hbond substituents is 1. The van der Waals surface area contributed by atoms with Gasteiger partial charge in [-0.05, 0) is 37.0 Å². The van der Waals surface area contributed by atoms with Gasteiger partial charge < -0.3 is 15.1 Å². The number of aliphatic hydroxyl groups is 1. The van der Waals surface area contributed by atoms with E-state index < -0.39 is 23.6 Å². The Morgan fingerprint density at radius 2 is 1.74 bits per heavy atom. The van der Waals surface area contributed by atoms with E-state index >= 15 is 0 Å². The molecule has 27 heavy (non-hydrogen) atoms. The molecule has 0 bridgehead atoms. The second-order valence-electron chi connectivity index (χ2n) is 7.13. The summed E-state index contributed by atoms with van der Waals surface area (Å²) < 4.78 is 38.3. The van der Waals surface area contributed by atoms with Crippen LogP contribution in [0.1, 0.15) is 25.1 Å². The highest BCUT2D eigenvalue weighted by molar-refractivity contribution is 5.69. The van der Waals surface area contributed by atoms with Gasteiger partial charge in [-0.3, -0.25) is 0 Å². The van der Waals surface area contributed by atoms with Crippen LogP contribution in [-0.4, -0.2) is 44.6 Å². The maximum Gasteiger partial charge on any atom is 0.416 e. The Morgan fingerprint density at radius 1 is 1.11 bits per heavy atom. The smallest absolute Gasteiger partial charge is 0.416 e. The summed E-state index contributed by atoms with van der Waals surface area (Å²) in [4.78, 5) is 6.35. The van der Waals surface area contributed by atoms with Crippen molar-refractivity contribution in [3.05, 3.63) is 29.5 Å². The number of nitrogens with zero attached hydrogens (tertiary/aromatic N) is 4. The largest absolute Gasteiger partial charge is 0.507 e. The number of halogens is 3. The fourth-order valence-corrected chi connectivity index (χ4v) is 3.39. The third-order valence-corrected chi connectivity index (χ3v) is 4.90. The number of aromatic hydroxyl groups is 1. The zero-order valence-corrected chi connectivity index (χ0v) is 15.2. The maximum absolute atomic E-state index is 12.8. The number of aromatic nitrogens is 3. The molecule has 0 unspecified atom stereocenters. The van der Waals surface area contributed by atoms with Gasteiger partial charge in [0.2, 0.25) is 5.95 Å². The van der Waals surface area contributed by atoms with Gasteiger partial charge in [0.25, 0.3) is 0 Å². The lowest BCUT2D eigenvalue weighted by Crippen LogP contribution is -2.48. The molecule has 0 amide bonds. The summed E-state index contributed by atoms with van der Waals surface area (Å²) in [5.41, 5.74) is -0.124. The van der Waals surface area contributed by atoms with Crippen molar-refractivity contribution in [2.24, 2.45) is 11.8 Å². The van der Waals surface area contributed by atoms with Crippen molar-refractivity contribution in [2.75, 3.05) is 18.0 Å². The molecule has 146 valence electrons. The quantitative estimate of drug-likeness (QED) is 0.831. The van der Waals surface area contributed by atoms with Crippen molar-refractivity contribution < 1.29 is 23.4 Å². The number of piperidine rings is 1. The van der Waals surface area contributed by atoms with Crippen molar-refractivity contribution in [3.63, 3.8) is 0 Å². The third-order valence-electron chi connectivity index (χ3n) is 4.90. The molecule has 3 rings (SSSR count). The standard InChI is InChI=1S/C18H21F3N4O2/c1-9-7-25(8-10(2)16(9)27)17-22-11(3)15(23-24-17)13-5-4-12(6-14(13)26)18(19,20)21/h4-6,9-10,16,26-27H,7-8H2,1-3H3/t9-,10+,16+. The molecule has 6 nitrogen and oxygen atoms in total. The number of rotatable bonds is 2. The van der Waals surface area contributed by atoms with Crippen molar-refractivity contribution in [3.8, 4) is 17.0 Å². The molecule has 1 fully saturated rings. The van der Waals surface area contributed by atoms with Crippen LogP contribution in [0.25, 0.3) is 11.3 Å². The van der Waals surface area contributed by atoms with Gasteiger partial charge in [-0.2, -0.15) is 13.2 Å². The number of alkyl halides is 3. The average molecular weight is 382 g/mol. The van der Waals surface area contributed by atoms with Gasteiger partial charge in [-0.25, -0.2) is 4.98 Å². The molecule has 0 radical (unpaired) electrons. The molecule has 3 atom stereocenters. The molecule has 1 aromatic heterocycles. The number of aryl methyl sites for hydroxylation is 1. The molecule has 0 aliphatic carbocycles. The zero-order valence-electron chi connectivity index (χ0n) is 15.2. The van der Waals surface area contributed by atoms with Gasteiger partial charge in [0.05, 0.1) is 17.4 Å². The van der Waals surface area contributed by atoms with Crippen LogP contribution in [0.5, 0.6) is 5.75 Å². The van der Waals surface area contributed by atoms with Gasteiger partial charge in [0.15, 0.2) is 0 Å². The lowest BCUT2D eigenvalue weighted by atomic mass is 9.88. The lowest BCUT2D eigenvalue weighted by molar-refractivity contribution is -0.137. The molecule has 1 aliphatic rings. The van der Waals surface area contributed by atoms with Crippen LogP contribution < -0.4 is 4.90 Å². The molecule has 1 aliphatic heterocycles. The first kappa shape index (κ1) is 19.3. The van der Waals surface area contributed by atoms with Crippen molar-refractivity contribution >= 4 is 5.95 Å². The minimum atomic E-state index is -4.54. The van der Waals surface area contributed by atoms with E-state index in [0.29, 0.717) is 30.8 Å². The molecule has 0 spiro atoms. The second-order valence-corrected chi connectivity index (χ2v) is 7.13. The predicted molar refractivity (Wildman–Crippen MR) is 93.2 cm³/mol. The molecule has 2 heterocycles. The monoisotopic (exact) mass is 382 g/mol. The van der Waals surface area contributed by atoms with E-state index in [9.17, 15) is 23.4 Å². The van der Waals surface area contributed by atoms with Crippen LogP contribution >= 0.6 is 0 Å². The first-order valence-electron chi connectivity index (χ1n) is 8.63. The molecule has 1 saturated heterocycles. The second kappa shape index (κ2) is 6.95. The molecular formula is C18H21F3N4O2. The number of phenols is 1. The zero-order chi connectivity index (χ0) is 19.9. The summed E-state index contributed by atoms with van der Waals surface area (Å²) in [6, 6.07) is 2.72. The van der Waals surface area contributed by atoms with Gasteiger partial charge in [0, 0.05) is 18.7 Å². The van der Waals surface area contributed by atoms with E-state index in [1.54, 1.807) is 6.92 Å². The van der Waals surface area contributed by atoms with Crippen LogP contribution in [0.2, 0.25) is 0 Å². The molecule has 0 saturated carbocycles. The average Bonchev–Trinajstić information content (AvgIpc) is 2.58. The third kappa shape index (κ3) is 3.83. The first-order valence-corrected chi connectivity index (χ1v) is 8.63. The Labute approximate surface area is 154 Å². The highest BCUT2D eigenvalue weighted by Gasteiger charge is 2.33. The highest BCUT2D eigenvalue weighted by atomic mass is 19.4. The molecular weight excluding hydrogens is 361 g/mol. The normalized spacial score (nSPS) is 23.5. The van der Waals surface area contributed by atoms with E-state index in [2.05, 4.69) is 15.2 Å². The number of hydrogen-bond donors (Lipinski definition) is 2. The van der Waals surface area contributed by atoms with Crippen molar-refractivity contribution in [1.29, 1.82) is 0 Å². The highest BCUT2D eigenvalue weighted by Crippen LogP contribution is 2.36. The van der Waals surface area contributed by atoms with E-state index in [1.807, 2.05) is 18.7 Å². The topological polar surface area (TPSA) is 82.4 Å². The van der Waals surface area contributed by atoms with Crippen LogP contribution in [0.15, 0.2) is 18.2 Å². The molecule has 2 aromatic rings.